The molecule has 6 heteroatoms. The summed E-state index contributed by atoms with van der Waals surface area (Å²) < 4.78 is 5.02. The van der Waals surface area contributed by atoms with E-state index >= 15 is 0 Å². The van der Waals surface area contributed by atoms with Crippen LogP contribution in [-0.4, -0.2) is 41.9 Å². The van der Waals surface area contributed by atoms with Crippen molar-refractivity contribution in [3.63, 3.8) is 0 Å². The van der Waals surface area contributed by atoms with Gasteiger partial charge in [0.15, 0.2) is 5.82 Å². The zero-order valence-corrected chi connectivity index (χ0v) is 11.2. The van der Waals surface area contributed by atoms with Crippen LogP contribution in [-0.2, 0) is 11.3 Å². The zero-order chi connectivity index (χ0) is 13.0. The van der Waals surface area contributed by atoms with Gasteiger partial charge in [-0.25, -0.2) is 9.97 Å². The quantitative estimate of drug-likeness (QED) is 0.822. The second-order valence-corrected chi connectivity index (χ2v) is 4.90. The Hall–Kier alpha value is -0.910. The van der Waals surface area contributed by atoms with Crippen molar-refractivity contribution in [3.05, 3.63) is 17.0 Å². The van der Waals surface area contributed by atoms with Crippen LogP contribution in [0.3, 0.4) is 0 Å². The first-order valence-corrected chi connectivity index (χ1v) is 6.49. The molecule has 1 aromatic rings. The van der Waals surface area contributed by atoms with Gasteiger partial charge in [0.2, 0.25) is 0 Å². The third kappa shape index (κ3) is 3.31. The predicted molar refractivity (Wildman–Crippen MR) is 69.8 cm³/mol. The molecule has 100 valence electrons. The third-order valence-electron chi connectivity index (χ3n) is 3.15. The molecule has 0 aromatic carbocycles. The molecule has 2 rings (SSSR count). The van der Waals surface area contributed by atoms with Crippen LogP contribution in [0.15, 0.2) is 6.07 Å². The number of methoxy groups -OCH3 is 1. The van der Waals surface area contributed by atoms with E-state index in [1.807, 2.05) is 0 Å². The van der Waals surface area contributed by atoms with Gasteiger partial charge in [0, 0.05) is 32.9 Å². The summed E-state index contributed by atoms with van der Waals surface area (Å²) in [6.45, 7) is 2.48. The van der Waals surface area contributed by atoms with Crippen LogP contribution in [0.4, 0.5) is 5.82 Å². The molecule has 1 atom stereocenters. The normalized spacial score (nSPS) is 19.5. The lowest BCUT2D eigenvalue weighted by molar-refractivity contribution is 0.178. The maximum absolute atomic E-state index is 8.96. The Labute approximate surface area is 112 Å². The number of aliphatic hydroxyl groups is 1. The molecule has 18 heavy (non-hydrogen) atoms. The number of hydrogen-bond acceptors (Lipinski definition) is 5. The first kappa shape index (κ1) is 13.5. The van der Waals surface area contributed by atoms with Crippen LogP contribution in [0.25, 0.3) is 0 Å². The number of aliphatic hydroxyl groups excluding tert-OH is 1. The maximum atomic E-state index is 8.96. The smallest absolute Gasteiger partial charge is 0.158 e. The summed E-state index contributed by atoms with van der Waals surface area (Å²) in [4.78, 5) is 10.7. The highest BCUT2D eigenvalue weighted by atomic mass is 35.5. The number of anilines is 1. The molecule has 2 heterocycles. The molecule has 1 fully saturated rings. The SMILES string of the molecule is COCc1nc(Cl)cc(N2CCC(CCO)C2)n1. The standard InChI is InChI=1S/C12H18ClN3O2/c1-18-8-11-14-10(13)6-12(15-11)16-4-2-9(7-16)3-5-17/h6,9,17H,2-5,7-8H2,1H3. The number of nitrogens with zero attached hydrogens (tertiary/aromatic N) is 3. The predicted octanol–water partition coefficient (Wildman–Crippen LogP) is 1.49. The van der Waals surface area contributed by atoms with Crippen molar-refractivity contribution in [2.24, 2.45) is 5.92 Å². The molecule has 0 aliphatic carbocycles. The van der Waals surface area contributed by atoms with Crippen LogP contribution in [0, 0.1) is 5.92 Å². The number of rotatable bonds is 5. The Morgan fingerprint density at radius 2 is 2.39 bits per heavy atom. The fraction of sp³-hybridized carbons (Fsp3) is 0.667. The fourth-order valence-electron chi connectivity index (χ4n) is 2.27. The van der Waals surface area contributed by atoms with Gasteiger partial charge in [-0.1, -0.05) is 11.6 Å². The van der Waals surface area contributed by atoms with E-state index in [0.717, 1.165) is 31.7 Å². The van der Waals surface area contributed by atoms with Gasteiger partial charge in [-0.15, -0.1) is 0 Å². The summed E-state index contributed by atoms with van der Waals surface area (Å²) in [6.07, 6.45) is 1.93. The van der Waals surface area contributed by atoms with E-state index in [9.17, 15) is 0 Å². The van der Waals surface area contributed by atoms with Crippen molar-refractivity contribution in [2.45, 2.75) is 19.4 Å². The van der Waals surface area contributed by atoms with Crippen molar-refractivity contribution >= 4 is 17.4 Å². The molecular formula is C12H18ClN3O2. The van der Waals surface area contributed by atoms with E-state index in [4.69, 9.17) is 21.4 Å². The molecule has 0 amide bonds. The number of aromatic nitrogens is 2. The average molecular weight is 272 g/mol. The minimum atomic E-state index is 0.248. The number of hydrogen-bond donors (Lipinski definition) is 1. The largest absolute Gasteiger partial charge is 0.396 e. The summed E-state index contributed by atoms with van der Waals surface area (Å²) >= 11 is 5.99. The Morgan fingerprint density at radius 3 is 3.11 bits per heavy atom. The van der Waals surface area contributed by atoms with Gasteiger partial charge >= 0.3 is 0 Å². The second-order valence-electron chi connectivity index (χ2n) is 4.51. The van der Waals surface area contributed by atoms with Crippen LogP contribution < -0.4 is 4.90 Å². The van der Waals surface area contributed by atoms with Crippen molar-refractivity contribution in [1.29, 1.82) is 0 Å². The molecule has 1 aliphatic heterocycles. The van der Waals surface area contributed by atoms with Crippen LogP contribution in [0.5, 0.6) is 0 Å². The summed E-state index contributed by atoms with van der Waals surface area (Å²) in [5.74, 6) is 1.99. The van der Waals surface area contributed by atoms with Gasteiger partial charge in [0.25, 0.3) is 0 Å². The highest BCUT2D eigenvalue weighted by Gasteiger charge is 2.23. The summed E-state index contributed by atoms with van der Waals surface area (Å²) in [7, 11) is 1.61. The molecule has 1 N–H and O–H groups in total. The molecule has 0 bridgehead atoms. The van der Waals surface area contributed by atoms with Crippen molar-refractivity contribution < 1.29 is 9.84 Å². The Bertz CT molecular complexity index is 403. The van der Waals surface area contributed by atoms with Gasteiger partial charge in [-0.05, 0) is 18.8 Å². The monoisotopic (exact) mass is 271 g/mol. The summed E-state index contributed by atoms with van der Waals surface area (Å²) in [6, 6.07) is 1.78. The van der Waals surface area contributed by atoms with Gasteiger partial charge in [-0.3, -0.25) is 0 Å². The molecule has 0 radical (unpaired) electrons. The highest BCUT2D eigenvalue weighted by molar-refractivity contribution is 6.29. The van der Waals surface area contributed by atoms with E-state index in [2.05, 4.69) is 14.9 Å². The fourth-order valence-corrected chi connectivity index (χ4v) is 2.46. The molecule has 1 aliphatic rings. The van der Waals surface area contributed by atoms with E-state index in [-0.39, 0.29) is 6.61 Å². The minimum absolute atomic E-state index is 0.248. The maximum Gasteiger partial charge on any atom is 0.158 e. The lowest BCUT2D eigenvalue weighted by atomic mass is 10.1. The Balaban J connectivity index is 2.08. The Kier molecular flexibility index (Phi) is 4.74. The zero-order valence-electron chi connectivity index (χ0n) is 10.5. The molecule has 0 spiro atoms. The van der Waals surface area contributed by atoms with Crippen molar-refractivity contribution in [3.8, 4) is 0 Å². The van der Waals surface area contributed by atoms with Crippen LogP contribution in [0.2, 0.25) is 5.15 Å². The van der Waals surface area contributed by atoms with E-state index in [0.29, 0.717) is 23.5 Å². The van der Waals surface area contributed by atoms with Crippen LogP contribution >= 0.6 is 11.6 Å². The van der Waals surface area contributed by atoms with Crippen molar-refractivity contribution in [2.75, 3.05) is 31.7 Å². The lowest BCUT2D eigenvalue weighted by Gasteiger charge is -2.18. The first-order valence-electron chi connectivity index (χ1n) is 6.11. The topological polar surface area (TPSA) is 58.5 Å². The lowest BCUT2D eigenvalue weighted by Crippen LogP contribution is -2.22. The first-order chi connectivity index (χ1) is 8.72. The molecule has 0 saturated carbocycles. The number of ether oxygens (including phenoxy) is 1. The highest BCUT2D eigenvalue weighted by Crippen LogP contribution is 2.25. The third-order valence-corrected chi connectivity index (χ3v) is 3.34. The Morgan fingerprint density at radius 1 is 1.56 bits per heavy atom. The van der Waals surface area contributed by atoms with E-state index in [1.165, 1.54) is 0 Å². The molecule has 5 nitrogen and oxygen atoms in total. The minimum Gasteiger partial charge on any atom is -0.396 e. The van der Waals surface area contributed by atoms with Gasteiger partial charge < -0.3 is 14.7 Å². The van der Waals surface area contributed by atoms with E-state index in [1.54, 1.807) is 13.2 Å². The molecular weight excluding hydrogens is 254 g/mol. The second kappa shape index (κ2) is 6.31. The van der Waals surface area contributed by atoms with Gasteiger partial charge in [0.05, 0.1) is 0 Å². The van der Waals surface area contributed by atoms with Crippen LogP contribution in [0.1, 0.15) is 18.7 Å². The van der Waals surface area contributed by atoms with E-state index < -0.39 is 0 Å². The molecule has 1 saturated heterocycles. The summed E-state index contributed by atoms with van der Waals surface area (Å²) in [5.41, 5.74) is 0. The summed E-state index contributed by atoms with van der Waals surface area (Å²) in [5, 5.41) is 9.40. The number of halogens is 1. The molecule has 1 unspecified atom stereocenters. The van der Waals surface area contributed by atoms with Gasteiger partial charge in [0.1, 0.15) is 17.6 Å². The van der Waals surface area contributed by atoms with Crippen molar-refractivity contribution in [1.82, 2.24) is 9.97 Å². The average Bonchev–Trinajstić information content (AvgIpc) is 2.78. The van der Waals surface area contributed by atoms with Gasteiger partial charge in [-0.2, -0.15) is 0 Å². The molecule has 1 aromatic heterocycles.